The summed E-state index contributed by atoms with van der Waals surface area (Å²) in [5, 5.41) is 14.5. The van der Waals surface area contributed by atoms with Crippen molar-refractivity contribution < 1.29 is 0 Å². The van der Waals surface area contributed by atoms with E-state index in [4.69, 9.17) is 24.9 Å². The third-order valence-corrected chi connectivity index (χ3v) is 29.1. The van der Waals surface area contributed by atoms with Gasteiger partial charge in [0.15, 0.2) is 0 Å². The Bertz CT molecular complexity index is 10200. The Morgan fingerprint density at radius 2 is 0.380 bits per heavy atom. The molecule has 150 heavy (non-hydrogen) atoms. The molecule has 0 saturated heterocycles. The summed E-state index contributed by atoms with van der Waals surface area (Å²) >= 11 is 0. The molecule has 0 aliphatic carbocycles. The van der Waals surface area contributed by atoms with Crippen LogP contribution in [0.25, 0.3) is 266 Å². The normalized spacial score (nSPS) is 11.6. The lowest BCUT2D eigenvalue weighted by atomic mass is 9.96. The Morgan fingerprint density at radius 1 is 0.133 bits per heavy atom. The highest BCUT2D eigenvalue weighted by molar-refractivity contribution is 6.30. The van der Waals surface area contributed by atoms with Gasteiger partial charge in [0.2, 0.25) is 0 Å². The van der Waals surface area contributed by atoms with Crippen LogP contribution in [0.1, 0.15) is 0 Å². The molecule has 30 rings (SSSR count). The van der Waals surface area contributed by atoms with Gasteiger partial charge < -0.3 is 27.4 Å². The average molecular weight is 1920 g/mol. The zero-order chi connectivity index (χ0) is 99.1. The highest BCUT2D eigenvalue weighted by atomic mass is 15.1. The molecular weight excluding hydrogens is 1830 g/mol. The first-order valence-electron chi connectivity index (χ1n) is 50.6. The van der Waals surface area contributed by atoms with E-state index in [0.717, 1.165) is 158 Å². The molecule has 0 atom stereocenters. The zero-order valence-electron chi connectivity index (χ0n) is 81.2. The number of fused-ring (bicyclic) bond motifs is 21. The van der Waals surface area contributed by atoms with Crippen LogP contribution < -0.4 is 0 Å². The number of nitrogens with zero attached hydrogens (tertiary/aromatic N) is 13. The van der Waals surface area contributed by atoms with Crippen molar-refractivity contribution in [2.45, 2.75) is 0 Å². The molecule has 0 unspecified atom stereocenters. The lowest BCUT2D eigenvalue weighted by Gasteiger charge is -2.16. The number of aromatic nitrogens is 13. The lowest BCUT2D eigenvalue weighted by Crippen LogP contribution is -2.01. The second-order valence-electron chi connectivity index (χ2n) is 37.8. The van der Waals surface area contributed by atoms with Crippen LogP contribution in [-0.2, 0) is 0 Å². The topological polar surface area (TPSA) is 120 Å². The highest BCUT2D eigenvalue weighted by Crippen LogP contribution is 2.50. The fraction of sp³-hybridized carbons (Fsp3) is 0. The molecule has 0 amide bonds. The van der Waals surface area contributed by atoms with Crippen LogP contribution >= 0.6 is 0 Å². The minimum Gasteiger partial charge on any atom is -0.307 e. The van der Waals surface area contributed by atoms with E-state index in [0.29, 0.717) is 0 Å². The summed E-state index contributed by atoms with van der Waals surface area (Å²) < 4.78 is 14.6. The molecule has 0 spiro atoms. The van der Waals surface area contributed by atoms with E-state index >= 15 is 0 Å². The van der Waals surface area contributed by atoms with Gasteiger partial charge >= 0.3 is 0 Å². The zero-order valence-corrected chi connectivity index (χ0v) is 81.2. The van der Waals surface area contributed by atoms with Gasteiger partial charge in [0.25, 0.3) is 0 Å². The maximum Gasteiger partial charge on any atom is 0.0915 e. The predicted octanol–water partition coefficient (Wildman–Crippen LogP) is 34.4. The van der Waals surface area contributed by atoms with Crippen LogP contribution in [-0.4, -0.2) is 62.3 Å². The van der Waals surface area contributed by atoms with Gasteiger partial charge in [-0.25, -0.2) is 15.0 Å². The Labute approximate surface area is 863 Å². The average Bonchev–Trinajstić information content (AvgIpc) is 1.54. The SMILES string of the molecule is c1ccc(-c2cc(-n3c4ccccc4c4c(-c5ccccc5)cc5c6ccccc6n(-c6ccccc6)c5c43)cc(-c3ccccc3)n2)cc1.c1ccc(-c2ccc(-c3cc(-n4c5ccccc5c5ccc6c7ccccc7n(-c7ccccc7)c6c54)cc(-c4ccc(-c5ccccc5)nc4)n3)cn2)cc1.c1ccc(-n2c3ccccc3c3ccc4c5ccccc5n(-c5cc(-c6ccccn6)nc(-c6ccccn6)c5)c4c32)cc1. The summed E-state index contributed by atoms with van der Waals surface area (Å²) in [6.07, 6.45) is 7.50. The van der Waals surface area contributed by atoms with Gasteiger partial charge in [0.05, 0.1) is 140 Å². The molecule has 0 N–H and O–H groups in total. The van der Waals surface area contributed by atoms with E-state index in [-0.39, 0.29) is 0 Å². The van der Waals surface area contributed by atoms with Crippen LogP contribution in [0.2, 0.25) is 0 Å². The molecule has 13 nitrogen and oxygen atoms in total. The van der Waals surface area contributed by atoms with Crippen LogP contribution in [0, 0.1) is 0 Å². The molecule has 13 heterocycles. The number of hydrogen-bond acceptors (Lipinski definition) is 7. The molecular formula is C137H89N13. The Kier molecular flexibility index (Phi) is 21.6. The van der Waals surface area contributed by atoms with E-state index in [1.54, 1.807) is 0 Å². The monoisotopic (exact) mass is 1920 g/mol. The van der Waals surface area contributed by atoms with E-state index < -0.39 is 0 Å². The molecule has 30 aromatic rings. The first kappa shape index (κ1) is 87.4. The second-order valence-corrected chi connectivity index (χ2v) is 37.8. The van der Waals surface area contributed by atoms with Crippen LogP contribution in [0.3, 0.4) is 0 Å². The summed E-state index contributed by atoms with van der Waals surface area (Å²) in [6.45, 7) is 0. The fourth-order valence-corrected chi connectivity index (χ4v) is 22.5. The van der Waals surface area contributed by atoms with Crippen molar-refractivity contribution in [2.24, 2.45) is 0 Å². The van der Waals surface area contributed by atoms with E-state index in [2.05, 4.69) is 480 Å². The predicted molar refractivity (Wildman–Crippen MR) is 619 cm³/mol. The van der Waals surface area contributed by atoms with Gasteiger partial charge in [-0.3, -0.25) is 19.9 Å². The summed E-state index contributed by atoms with van der Waals surface area (Å²) in [6, 6.07) is 182. The van der Waals surface area contributed by atoms with Gasteiger partial charge in [-0.05, 0) is 175 Å². The van der Waals surface area contributed by atoms with Crippen LogP contribution in [0.4, 0.5) is 0 Å². The lowest BCUT2D eigenvalue weighted by molar-refractivity contribution is 1.13. The van der Waals surface area contributed by atoms with Crippen molar-refractivity contribution in [3.8, 4) is 136 Å². The maximum atomic E-state index is 5.31. The van der Waals surface area contributed by atoms with Crippen molar-refractivity contribution in [2.75, 3.05) is 0 Å². The van der Waals surface area contributed by atoms with Gasteiger partial charge in [0, 0.05) is 140 Å². The molecule has 0 bridgehead atoms. The Hall–Kier alpha value is -20.4. The third-order valence-electron chi connectivity index (χ3n) is 29.1. The molecule has 0 radical (unpaired) electrons. The third kappa shape index (κ3) is 15.1. The molecule has 13 heteroatoms. The molecule has 0 aliphatic heterocycles. The highest BCUT2D eigenvalue weighted by Gasteiger charge is 2.30. The number of hydrogen-bond donors (Lipinski definition) is 0. The minimum absolute atomic E-state index is 0.797. The van der Waals surface area contributed by atoms with Crippen molar-refractivity contribution in [3.63, 3.8) is 0 Å². The maximum absolute atomic E-state index is 5.31. The van der Waals surface area contributed by atoms with E-state index in [1.165, 1.54) is 109 Å². The smallest absolute Gasteiger partial charge is 0.0915 e. The summed E-state index contributed by atoms with van der Waals surface area (Å²) in [5.74, 6) is 0. The van der Waals surface area contributed by atoms with Crippen LogP contribution in [0.5, 0.6) is 0 Å². The first-order valence-corrected chi connectivity index (χ1v) is 50.6. The van der Waals surface area contributed by atoms with Crippen molar-refractivity contribution in [3.05, 3.63) is 540 Å². The summed E-state index contributed by atoms with van der Waals surface area (Å²) in [4.78, 5) is 34.8. The number of rotatable bonds is 15. The fourth-order valence-electron chi connectivity index (χ4n) is 22.5. The number of pyridine rings is 7. The molecule has 13 aromatic heterocycles. The standard InChI is InChI=1S/C51H33N5.C47H31N3.C39H25N5/c1-4-14-34(15-5-1)44-28-24-36(32-52-44)46-30-39(31-47(54-46)37-25-29-45(53-33-37)35-16-6-2-7-17-35)56-49-23-13-11-21-41(49)43-27-26-42-40-20-10-12-22-48(40)55(50(42)51(43)56)38-18-8-3-9-19-38;1-5-17-32(18-6-1)39-31-40-37-25-13-15-27-43(37)49(35-23-11-4-12-24-35)46(40)47-45(39)38-26-14-16-28-44(38)50(47)36-29-41(33-19-7-2-8-20-33)48-42(30-36)34-21-9-3-10-22-34;1-2-12-26(13-3-1)43-36-18-6-4-14-28(36)30-20-21-31-29-15-5-7-19-37(29)44(39(31)38(30)43)27-24-34(32-16-8-10-22-40-32)42-35(25-27)33-17-9-11-23-41-33/h1-33H;1-31H;1-25H. The second kappa shape index (κ2) is 37.1. The summed E-state index contributed by atoms with van der Waals surface area (Å²) in [5.41, 5.74) is 37.6. The number of para-hydroxylation sites is 9. The van der Waals surface area contributed by atoms with Crippen molar-refractivity contribution in [1.82, 2.24) is 62.3 Å². The number of benzene rings is 17. The molecule has 702 valence electrons. The van der Waals surface area contributed by atoms with E-state index in [1.807, 2.05) is 97.6 Å². The summed E-state index contributed by atoms with van der Waals surface area (Å²) in [7, 11) is 0. The molecule has 0 fully saturated rings. The van der Waals surface area contributed by atoms with Gasteiger partial charge in [-0.1, -0.05) is 352 Å². The molecule has 0 aliphatic rings. The van der Waals surface area contributed by atoms with Crippen molar-refractivity contribution in [1.29, 1.82) is 0 Å². The van der Waals surface area contributed by atoms with Gasteiger partial charge in [-0.2, -0.15) is 0 Å². The molecule has 0 saturated carbocycles. The minimum atomic E-state index is 0.797. The van der Waals surface area contributed by atoms with Crippen LogP contribution in [0.15, 0.2) is 540 Å². The van der Waals surface area contributed by atoms with E-state index in [9.17, 15) is 0 Å². The first-order chi connectivity index (χ1) is 74.5. The Balaban J connectivity index is 0.000000109. The largest absolute Gasteiger partial charge is 0.307 e. The molecule has 17 aromatic carbocycles. The van der Waals surface area contributed by atoms with Gasteiger partial charge in [0.1, 0.15) is 0 Å². The quantitative estimate of drug-likeness (QED) is 0.100. The van der Waals surface area contributed by atoms with Crippen molar-refractivity contribution >= 4 is 131 Å². The Morgan fingerprint density at radius 3 is 0.700 bits per heavy atom. The van der Waals surface area contributed by atoms with Gasteiger partial charge in [-0.15, -0.1) is 0 Å².